The number of nitrogens with one attached hydrogen (secondary N) is 1. The summed E-state index contributed by atoms with van der Waals surface area (Å²) in [7, 11) is 0. The van der Waals surface area contributed by atoms with Crippen molar-refractivity contribution in [2.24, 2.45) is 0 Å². The van der Waals surface area contributed by atoms with Crippen molar-refractivity contribution in [1.82, 2.24) is 10.3 Å². The van der Waals surface area contributed by atoms with Crippen LogP contribution in [0.5, 0.6) is 0 Å². The molecule has 0 aliphatic carbocycles. The molecular weight excluding hydrogens is 184 g/mol. The van der Waals surface area contributed by atoms with Crippen molar-refractivity contribution in [1.29, 1.82) is 0 Å². The highest BCUT2D eigenvalue weighted by Gasteiger charge is 1.96. The number of hydrogen-bond donors (Lipinski definition) is 1. The van der Waals surface area contributed by atoms with Gasteiger partial charge in [-0.3, -0.25) is 4.98 Å². The van der Waals surface area contributed by atoms with E-state index >= 15 is 0 Å². The van der Waals surface area contributed by atoms with Crippen LogP contribution in [0.1, 0.15) is 25.8 Å². The molecule has 1 unspecified atom stereocenters. The minimum Gasteiger partial charge on any atom is -1.00 e. The summed E-state index contributed by atoms with van der Waals surface area (Å²) in [6, 6.07) is 4.64. The standard InChI is InChI=1S/C10H16N2.ClH/c1-3-9(2)12-8-10-5-4-6-11-7-10;/h4-7,9,12H,3,8H2,1-2H3;1H/p-1. The van der Waals surface area contributed by atoms with Crippen LogP contribution in [0.2, 0.25) is 0 Å². The summed E-state index contributed by atoms with van der Waals surface area (Å²) in [5.74, 6) is 0. The molecule has 0 aromatic carbocycles. The second-order valence-corrected chi connectivity index (χ2v) is 3.05. The number of hydrogen-bond acceptors (Lipinski definition) is 2. The van der Waals surface area contributed by atoms with Crippen molar-refractivity contribution in [2.75, 3.05) is 0 Å². The fourth-order valence-electron chi connectivity index (χ4n) is 0.939. The first-order valence-electron chi connectivity index (χ1n) is 4.45. The van der Waals surface area contributed by atoms with Gasteiger partial charge < -0.3 is 17.7 Å². The predicted molar refractivity (Wildman–Crippen MR) is 50.8 cm³/mol. The van der Waals surface area contributed by atoms with Crippen LogP contribution >= 0.6 is 0 Å². The van der Waals surface area contributed by atoms with Gasteiger partial charge in [-0.05, 0) is 25.0 Å². The van der Waals surface area contributed by atoms with Crippen molar-refractivity contribution < 1.29 is 12.4 Å². The quantitative estimate of drug-likeness (QED) is 0.671. The van der Waals surface area contributed by atoms with Crippen molar-refractivity contribution in [3.8, 4) is 0 Å². The zero-order chi connectivity index (χ0) is 8.81. The molecule has 1 aromatic heterocycles. The maximum atomic E-state index is 4.05. The lowest BCUT2D eigenvalue weighted by atomic mass is 10.2. The Balaban J connectivity index is 0.00000144. The molecule has 2 nitrogen and oxygen atoms in total. The van der Waals surface area contributed by atoms with E-state index in [1.807, 2.05) is 12.3 Å². The van der Waals surface area contributed by atoms with Crippen molar-refractivity contribution in [3.05, 3.63) is 30.1 Å². The van der Waals surface area contributed by atoms with Crippen molar-refractivity contribution in [3.63, 3.8) is 0 Å². The Morgan fingerprint density at radius 1 is 1.54 bits per heavy atom. The third kappa shape index (κ3) is 4.86. The van der Waals surface area contributed by atoms with Crippen LogP contribution in [-0.4, -0.2) is 11.0 Å². The molecule has 1 aromatic rings. The molecule has 74 valence electrons. The first-order chi connectivity index (χ1) is 5.83. The van der Waals surface area contributed by atoms with Crippen LogP contribution in [-0.2, 0) is 6.54 Å². The molecule has 0 spiro atoms. The molecule has 3 heteroatoms. The molecule has 0 radical (unpaired) electrons. The maximum absolute atomic E-state index is 4.05. The highest BCUT2D eigenvalue weighted by atomic mass is 35.5. The van der Waals surface area contributed by atoms with E-state index in [-0.39, 0.29) is 12.4 Å². The van der Waals surface area contributed by atoms with Gasteiger partial charge in [-0.15, -0.1) is 0 Å². The molecule has 1 N–H and O–H groups in total. The molecule has 0 saturated carbocycles. The van der Waals surface area contributed by atoms with Gasteiger partial charge in [0.25, 0.3) is 0 Å². The van der Waals surface area contributed by atoms with Crippen molar-refractivity contribution in [2.45, 2.75) is 32.9 Å². The Hall–Kier alpha value is -0.600. The fraction of sp³-hybridized carbons (Fsp3) is 0.500. The molecule has 0 fully saturated rings. The molecule has 0 amide bonds. The van der Waals surface area contributed by atoms with Crippen LogP contribution in [0.25, 0.3) is 0 Å². The Morgan fingerprint density at radius 3 is 2.85 bits per heavy atom. The second kappa shape index (κ2) is 6.87. The molecule has 1 rings (SSSR count). The van der Waals surface area contributed by atoms with Gasteiger partial charge in [-0.2, -0.15) is 0 Å². The topological polar surface area (TPSA) is 24.9 Å². The Labute approximate surface area is 86.2 Å². The third-order valence-electron chi connectivity index (χ3n) is 1.99. The highest BCUT2D eigenvalue weighted by Crippen LogP contribution is 1.96. The van der Waals surface area contributed by atoms with Crippen molar-refractivity contribution >= 4 is 0 Å². The van der Waals surface area contributed by atoms with Crippen LogP contribution in [0, 0.1) is 0 Å². The molecule has 13 heavy (non-hydrogen) atoms. The molecule has 0 aliphatic heterocycles. The second-order valence-electron chi connectivity index (χ2n) is 3.05. The van der Waals surface area contributed by atoms with E-state index in [1.165, 1.54) is 12.0 Å². The van der Waals surface area contributed by atoms with E-state index < -0.39 is 0 Å². The lowest BCUT2D eigenvalue weighted by Gasteiger charge is -2.10. The molecule has 1 atom stereocenters. The van der Waals surface area contributed by atoms with E-state index in [2.05, 4.69) is 30.2 Å². The van der Waals surface area contributed by atoms with Crippen LogP contribution in [0.4, 0.5) is 0 Å². The van der Waals surface area contributed by atoms with E-state index in [0.717, 1.165) is 6.54 Å². The molecule has 0 aliphatic rings. The first-order valence-corrected chi connectivity index (χ1v) is 4.45. The molecule has 1 heterocycles. The average molecular weight is 200 g/mol. The Morgan fingerprint density at radius 2 is 2.31 bits per heavy atom. The monoisotopic (exact) mass is 199 g/mol. The maximum Gasteiger partial charge on any atom is 0.0312 e. The lowest BCUT2D eigenvalue weighted by Crippen LogP contribution is -3.00. The van der Waals surface area contributed by atoms with Crippen LogP contribution < -0.4 is 17.7 Å². The minimum atomic E-state index is 0. The van der Waals surface area contributed by atoms with Crippen LogP contribution in [0.15, 0.2) is 24.5 Å². The Kier molecular flexibility index (Phi) is 6.55. The van der Waals surface area contributed by atoms with Gasteiger partial charge >= 0.3 is 0 Å². The number of halogens is 1. The van der Waals surface area contributed by atoms with Gasteiger partial charge in [-0.1, -0.05) is 13.0 Å². The van der Waals surface area contributed by atoms with Gasteiger partial charge in [0.15, 0.2) is 0 Å². The first kappa shape index (κ1) is 12.4. The molecular formula is C10H16ClN2-. The van der Waals surface area contributed by atoms with Gasteiger partial charge in [0.05, 0.1) is 0 Å². The number of aromatic nitrogens is 1. The van der Waals surface area contributed by atoms with Gasteiger partial charge in [0.1, 0.15) is 0 Å². The van der Waals surface area contributed by atoms with Crippen LogP contribution in [0.3, 0.4) is 0 Å². The zero-order valence-corrected chi connectivity index (χ0v) is 8.88. The fourth-order valence-corrected chi connectivity index (χ4v) is 0.939. The summed E-state index contributed by atoms with van der Waals surface area (Å²) in [4.78, 5) is 4.05. The summed E-state index contributed by atoms with van der Waals surface area (Å²) in [5.41, 5.74) is 1.25. The van der Waals surface area contributed by atoms with Gasteiger partial charge in [0.2, 0.25) is 0 Å². The van der Waals surface area contributed by atoms with E-state index in [9.17, 15) is 0 Å². The summed E-state index contributed by atoms with van der Waals surface area (Å²) >= 11 is 0. The van der Waals surface area contributed by atoms with E-state index in [4.69, 9.17) is 0 Å². The van der Waals surface area contributed by atoms with E-state index in [0.29, 0.717) is 6.04 Å². The third-order valence-corrected chi connectivity index (χ3v) is 1.99. The largest absolute Gasteiger partial charge is 1.00 e. The van der Waals surface area contributed by atoms with E-state index in [1.54, 1.807) is 6.20 Å². The molecule has 0 saturated heterocycles. The smallest absolute Gasteiger partial charge is 0.0312 e. The van der Waals surface area contributed by atoms with Gasteiger partial charge in [0, 0.05) is 25.0 Å². The minimum absolute atomic E-state index is 0. The lowest BCUT2D eigenvalue weighted by molar-refractivity contribution is -0.00000277. The summed E-state index contributed by atoms with van der Waals surface area (Å²) in [5, 5.41) is 3.41. The normalized spacial score (nSPS) is 11.8. The predicted octanol–water partition coefficient (Wildman–Crippen LogP) is -1.03. The SMILES string of the molecule is CCC(C)NCc1cccnc1.[Cl-]. The number of rotatable bonds is 4. The molecule has 0 bridgehead atoms. The summed E-state index contributed by atoms with van der Waals surface area (Å²) in [6.45, 7) is 5.29. The summed E-state index contributed by atoms with van der Waals surface area (Å²) in [6.07, 6.45) is 4.86. The highest BCUT2D eigenvalue weighted by molar-refractivity contribution is 5.07. The zero-order valence-electron chi connectivity index (χ0n) is 8.13. The average Bonchev–Trinajstić information content (AvgIpc) is 2.16. The summed E-state index contributed by atoms with van der Waals surface area (Å²) < 4.78 is 0. The Bertz CT molecular complexity index is 213. The number of pyridine rings is 1. The van der Waals surface area contributed by atoms with Gasteiger partial charge in [-0.25, -0.2) is 0 Å². The number of nitrogens with zero attached hydrogens (tertiary/aromatic N) is 1.